The van der Waals surface area contributed by atoms with Crippen molar-refractivity contribution < 1.29 is 27.7 Å². The van der Waals surface area contributed by atoms with Crippen molar-refractivity contribution in [2.45, 2.75) is 26.5 Å². The zero-order valence-corrected chi connectivity index (χ0v) is 16.9. The van der Waals surface area contributed by atoms with Gasteiger partial charge in [-0.1, -0.05) is 12.1 Å². The standard InChI is InChI=1S/C21H25F2N3O4/c1-3-24-21(25-9-8-14-4-7-17-18(10-14)29-13-28-17)26-12-15-5-6-16(27-2)19(11-15)30-20(22)23/h4-7,10-11,20H,3,8-9,12-13H2,1-2H3,(H2,24,25,26). The van der Waals surface area contributed by atoms with Gasteiger partial charge < -0.3 is 29.6 Å². The van der Waals surface area contributed by atoms with Gasteiger partial charge in [-0.15, -0.1) is 0 Å². The zero-order chi connectivity index (χ0) is 21.3. The van der Waals surface area contributed by atoms with E-state index in [1.54, 1.807) is 12.1 Å². The summed E-state index contributed by atoms with van der Waals surface area (Å²) in [6.07, 6.45) is 0.774. The van der Waals surface area contributed by atoms with Crippen molar-refractivity contribution in [3.63, 3.8) is 0 Å². The van der Waals surface area contributed by atoms with Gasteiger partial charge in [0, 0.05) is 13.1 Å². The van der Waals surface area contributed by atoms with Gasteiger partial charge in [0.2, 0.25) is 6.79 Å². The highest BCUT2D eigenvalue weighted by Crippen LogP contribution is 2.32. The molecular weight excluding hydrogens is 396 g/mol. The van der Waals surface area contributed by atoms with Crippen molar-refractivity contribution in [1.29, 1.82) is 0 Å². The lowest BCUT2D eigenvalue weighted by Gasteiger charge is -2.13. The summed E-state index contributed by atoms with van der Waals surface area (Å²) in [5.41, 5.74) is 1.84. The van der Waals surface area contributed by atoms with E-state index in [0.29, 0.717) is 25.6 Å². The molecule has 0 spiro atoms. The highest BCUT2D eigenvalue weighted by Gasteiger charge is 2.13. The number of fused-ring (bicyclic) bond motifs is 1. The highest BCUT2D eigenvalue weighted by atomic mass is 19.3. The molecule has 1 aliphatic heterocycles. The Labute approximate surface area is 174 Å². The molecule has 2 aromatic rings. The van der Waals surface area contributed by atoms with Crippen LogP contribution in [0.4, 0.5) is 8.78 Å². The first-order chi connectivity index (χ1) is 14.6. The monoisotopic (exact) mass is 421 g/mol. The molecule has 0 fully saturated rings. The maximum atomic E-state index is 12.6. The van der Waals surface area contributed by atoms with Crippen molar-refractivity contribution in [2.24, 2.45) is 4.99 Å². The summed E-state index contributed by atoms with van der Waals surface area (Å²) < 4.78 is 45.5. The predicted molar refractivity (Wildman–Crippen MR) is 109 cm³/mol. The summed E-state index contributed by atoms with van der Waals surface area (Å²) in [5.74, 6) is 2.38. The Kier molecular flexibility index (Phi) is 7.53. The lowest BCUT2D eigenvalue weighted by Crippen LogP contribution is -2.38. The Bertz CT molecular complexity index is 877. The number of aliphatic imine (C=N–C) groups is 1. The van der Waals surface area contributed by atoms with Crippen LogP contribution < -0.4 is 29.6 Å². The van der Waals surface area contributed by atoms with Crippen LogP contribution in [0.15, 0.2) is 41.4 Å². The average molecular weight is 421 g/mol. The van der Waals surface area contributed by atoms with Crippen molar-refractivity contribution in [3.05, 3.63) is 47.5 Å². The van der Waals surface area contributed by atoms with Crippen LogP contribution in [0.1, 0.15) is 18.1 Å². The SMILES string of the molecule is CCNC(=NCc1ccc(OC)c(OC(F)F)c1)NCCc1ccc2c(c1)OCO2. The molecule has 30 heavy (non-hydrogen) atoms. The van der Waals surface area contributed by atoms with Crippen molar-refractivity contribution >= 4 is 5.96 Å². The molecule has 0 saturated carbocycles. The molecule has 0 atom stereocenters. The number of guanidine groups is 1. The van der Waals surface area contributed by atoms with Crippen LogP contribution >= 0.6 is 0 Å². The summed E-state index contributed by atoms with van der Waals surface area (Å²) in [4.78, 5) is 4.51. The number of methoxy groups -OCH3 is 1. The van der Waals surface area contributed by atoms with Gasteiger partial charge in [0.05, 0.1) is 13.7 Å². The molecule has 2 aromatic carbocycles. The number of halogens is 2. The van der Waals surface area contributed by atoms with E-state index in [4.69, 9.17) is 14.2 Å². The third-order valence-corrected chi connectivity index (χ3v) is 4.35. The normalized spacial score (nSPS) is 12.8. The van der Waals surface area contributed by atoms with Crippen LogP contribution in [0.2, 0.25) is 0 Å². The molecule has 0 radical (unpaired) electrons. The molecule has 1 heterocycles. The Morgan fingerprint density at radius 2 is 1.87 bits per heavy atom. The van der Waals surface area contributed by atoms with E-state index in [1.165, 1.54) is 13.2 Å². The molecule has 2 N–H and O–H groups in total. The fourth-order valence-electron chi connectivity index (χ4n) is 2.94. The smallest absolute Gasteiger partial charge is 0.387 e. The minimum atomic E-state index is -2.92. The third-order valence-electron chi connectivity index (χ3n) is 4.35. The van der Waals surface area contributed by atoms with E-state index in [9.17, 15) is 8.78 Å². The van der Waals surface area contributed by atoms with Crippen molar-refractivity contribution in [3.8, 4) is 23.0 Å². The van der Waals surface area contributed by atoms with Gasteiger partial charge in [0.15, 0.2) is 29.0 Å². The Hall–Kier alpha value is -3.23. The minimum Gasteiger partial charge on any atom is -0.493 e. The second-order valence-electron chi connectivity index (χ2n) is 6.42. The molecule has 9 heteroatoms. The van der Waals surface area contributed by atoms with Gasteiger partial charge in [-0.3, -0.25) is 0 Å². The number of ether oxygens (including phenoxy) is 4. The van der Waals surface area contributed by atoms with Crippen LogP contribution in [-0.2, 0) is 13.0 Å². The Morgan fingerprint density at radius 1 is 1.07 bits per heavy atom. The van der Waals surface area contributed by atoms with Gasteiger partial charge in [0.1, 0.15) is 0 Å². The summed E-state index contributed by atoms with van der Waals surface area (Å²) in [5, 5.41) is 6.44. The molecule has 0 aromatic heterocycles. The van der Waals surface area contributed by atoms with E-state index in [0.717, 1.165) is 29.0 Å². The number of hydrogen-bond acceptors (Lipinski definition) is 5. The number of hydrogen-bond donors (Lipinski definition) is 2. The topological polar surface area (TPSA) is 73.3 Å². The maximum Gasteiger partial charge on any atom is 0.387 e. The summed E-state index contributed by atoms with van der Waals surface area (Å²) in [6, 6.07) is 10.7. The summed E-state index contributed by atoms with van der Waals surface area (Å²) >= 11 is 0. The number of benzene rings is 2. The largest absolute Gasteiger partial charge is 0.493 e. The first-order valence-electron chi connectivity index (χ1n) is 9.61. The molecule has 162 valence electrons. The summed E-state index contributed by atoms with van der Waals surface area (Å²) in [6.45, 7) is 0.947. The average Bonchev–Trinajstić information content (AvgIpc) is 3.19. The molecule has 3 rings (SSSR count). The molecule has 0 aliphatic carbocycles. The first kappa shape index (κ1) is 21.5. The van der Waals surface area contributed by atoms with Gasteiger partial charge in [-0.05, 0) is 48.7 Å². The maximum absolute atomic E-state index is 12.6. The number of alkyl halides is 2. The Morgan fingerprint density at radius 3 is 2.63 bits per heavy atom. The zero-order valence-electron chi connectivity index (χ0n) is 16.9. The summed E-state index contributed by atoms with van der Waals surface area (Å²) in [7, 11) is 1.40. The van der Waals surface area contributed by atoms with Gasteiger partial charge >= 0.3 is 6.61 Å². The number of nitrogens with zero attached hydrogens (tertiary/aromatic N) is 1. The van der Waals surface area contributed by atoms with Gasteiger partial charge in [0.25, 0.3) is 0 Å². The fourth-order valence-corrected chi connectivity index (χ4v) is 2.94. The highest BCUT2D eigenvalue weighted by molar-refractivity contribution is 5.79. The molecule has 0 saturated heterocycles. The van der Waals surface area contributed by atoms with Crippen molar-refractivity contribution in [2.75, 3.05) is 27.0 Å². The van der Waals surface area contributed by atoms with E-state index in [1.807, 2.05) is 25.1 Å². The van der Waals surface area contributed by atoms with Gasteiger partial charge in [-0.2, -0.15) is 8.78 Å². The van der Waals surface area contributed by atoms with E-state index < -0.39 is 6.61 Å². The molecule has 0 bridgehead atoms. The van der Waals surface area contributed by atoms with Crippen LogP contribution in [0.5, 0.6) is 23.0 Å². The van der Waals surface area contributed by atoms with Crippen LogP contribution in [-0.4, -0.2) is 39.6 Å². The molecule has 1 aliphatic rings. The first-order valence-corrected chi connectivity index (χ1v) is 9.61. The molecule has 0 unspecified atom stereocenters. The molecule has 7 nitrogen and oxygen atoms in total. The third kappa shape index (κ3) is 5.88. The number of nitrogens with one attached hydrogen (secondary N) is 2. The number of rotatable bonds is 9. The molecular formula is C21H25F2N3O4. The van der Waals surface area contributed by atoms with E-state index in [-0.39, 0.29) is 18.3 Å². The second-order valence-corrected chi connectivity index (χ2v) is 6.42. The van der Waals surface area contributed by atoms with Crippen LogP contribution in [0.25, 0.3) is 0 Å². The van der Waals surface area contributed by atoms with Gasteiger partial charge in [-0.25, -0.2) is 4.99 Å². The van der Waals surface area contributed by atoms with Crippen LogP contribution in [0.3, 0.4) is 0 Å². The molecule has 0 amide bonds. The quantitative estimate of drug-likeness (QED) is 0.478. The lowest BCUT2D eigenvalue weighted by molar-refractivity contribution is -0.0512. The fraction of sp³-hybridized carbons (Fsp3) is 0.381. The Balaban J connectivity index is 1.58. The predicted octanol–water partition coefficient (Wildman–Crippen LogP) is 3.32. The van der Waals surface area contributed by atoms with Crippen LogP contribution in [0, 0.1) is 0 Å². The minimum absolute atomic E-state index is 0.0130. The van der Waals surface area contributed by atoms with E-state index in [2.05, 4.69) is 20.4 Å². The lowest BCUT2D eigenvalue weighted by atomic mass is 10.1. The van der Waals surface area contributed by atoms with Crippen molar-refractivity contribution in [1.82, 2.24) is 10.6 Å². The second kappa shape index (κ2) is 10.5. The van der Waals surface area contributed by atoms with E-state index >= 15 is 0 Å².